The molecule has 0 aliphatic rings. The molecule has 0 spiro atoms. The topological polar surface area (TPSA) is 3.88 Å². The molecule has 0 aromatic carbocycles. The van der Waals surface area contributed by atoms with E-state index in [2.05, 4.69) is 49.0 Å². The summed E-state index contributed by atoms with van der Waals surface area (Å²) >= 11 is 0. The summed E-state index contributed by atoms with van der Waals surface area (Å²) in [5, 5.41) is 0. The van der Waals surface area contributed by atoms with E-state index < -0.39 is 0 Å². The molecule has 1 aromatic heterocycles. The Hall–Kier alpha value is -0.850. The van der Waals surface area contributed by atoms with Gasteiger partial charge in [0.25, 0.3) is 0 Å². The third kappa shape index (κ3) is 2.34. The molecule has 0 fully saturated rings. The van der Waals surface area contributed by atoms with E-state index in [0.29, 0.717) is 6.04 Å². The van der Waals surface area contributed by atoms with Crippen LogP contribution in [-0.2, 0) is 0 Å². The molecular formula is C10H16N+. The quantitative estimate of drug-likeness (QED) is 0.582. The first-order valence-corrected chi connectivity index (χ1v) is 4.30. The summed E-state index contributed by atoms with van der Waals surface area (Å²) in [6.07, 6.45) is 6.76. The van der Waals surface area contributed by atoms with E-state index in [1.807, 2.05) is 0 Å². The summed E-state index contributed by atoms with van der Waals surface area (Å²) in [5.41, 5.74) is 0. The monoisotopic (exact) mass is 150 g/mol. The van der Waals surface area contributed by atoms with Gasteiger partial charge in [-0.2, -0.15) is 0 Å². The van der Waals surface area contributed by atoms with Crippen LogP contribution in [0.4, 0.5) is 0 Å². The number of rotatable bonds is 3. The average Bonchev–Trinajstić information content (AvgIpc) is 2.07. The Kier molecular flexibility index (Phi) is 3.09. The summed E-state index contributed by atoms with van der Waals surface area (Å²) in [4.78, 5) is 0. The van der Waals surface area contributed by atoms with Crippen molar-refractivity contribution in [3.63, 3.8) is 0 Å². The second kappa shape index (κ2) is 4.12. The van der Waals surface area contributed by atoms with Crippen LogP contribution in [0.1, 0.15) is 32.7 Å². The maximum absolute atomic E-state index is 2.25. The number of hydrogen-bond donors (Lipinski definition) is 0. The van der Waals surface area contributed by atoms with E-state index in [9.17, 15) is 0 Å². The van der Waals surface area contributed by atoms with Crippen LogP contribution in [0.5, 0.6) is 0 Å². The smallest absolute Gasteiger partial charge is 0.169 e. The van der Waals surface area contributed by atoms with Gasteiger partial charge in [0, 0.05) is 18.6 Å². The Morgan fingerprint density at radius 1 is 1.18 bits per heavy atom. The van der Waals surface area contributed by atoms with E-state index in [1.54, 1.807) is 0 Å². The van der Waals surface area contributed by atoms with E-state index in [-0.39, 0.29) is 0 Å². The molecule has 0 saturated carbocycles. The summed E-state index contributed by atoms with van der Waals surface area (Å²) in [6, 6.07) is 6.84. The lowest BCUT2D eigenvalue weighted by Gasteiger charge is -2.03. The molecule has 0 aliphatic carbocycles. The van der Waals surface area contributed by atoms with Crippen LogP contribution < -0.4 is 4.57 Å². The molecule has 0 saturated heterocycles. The van der Waals surface area contributed by atoms with Crippen molar-refractivity contribution in [1.29, 1.82) is 0 Å². The molecule has 1 nitrogen and oxygen atoms in total. The third-order valence-corrected chi connectivity index (χ3v) is 1.95. The van der Waals surface area contributed by atoms with E-state index in [1.165, 1.54) is 12.8 Å². The van der Waals surface area contributed by atoms with Crippen LogP contribution in [0.3, 0.4) is 0 Å². The van der Waals surface area contributed by atoms with E-state index in [4.69, 9.17) is 0 Å². The zero-order valence-electron chi connectivity index (χ0n) is 7.33. The van der Waals surface area contributed by atoms with Crippen molar-refractivity contribution < 1.29 is 4.57 Å². The molecule has 1 atom stereocenters. The highest BCUT2D eigenvalue weighted by Crippen LogP contribution is 2.02. The molecule has 1 unspecified atom stereocenters. The Balaban J connectivity index is 2.61. The number of hydrogen-bond acceptors (Lipinski definition) is 0. The van der Waals surface area contributed by atoms with Gasteiger partial charge >= 0.3 is 0 Å². The van der Waals surface area contributed by atoms with Gasteiger partial charge in [0.05, 0.1) is 0 Å². The van der Waals surface area contributed by atoms with Crippen LogP contribution in [0, 0.1) is 0 Å². The minimum absolute atomic E-state index is 0.640. The second-order valence-electron chi connectivity index (χ2n) is 2.96. The lowest BCUT2D eigenvalue weighted by Crippen LogP contribution is -2.36. The molecule has 11 heavy (non-hydrogen) atoms. The lowest BCUT2D eigenvalue weighted by molar-refractivity contribution is -0.720. The number of nitrogens with zero attached hydrogens (tertiary/aromatic N) is 1. The predicted molar refractivity (Wildman–Crippen MR) is 46.3 cm³/mol. The zero-order valence-corrected chi connectivity index (χ0v) is 7.33. The molecule has 0 aliphatic heterocycles. The average molecular weight is 150 g/mol. The van der Waals surface area contributed by atoms with Gasteiger partial charge in [0.1, 0.15) is 0 Å². The SMILES string of the molecule is CCCC(C)[n+]1ccccc1. The van der Waals surface area contributed by atoms with Crippen molar-refractivity contribution >= 4 is 0 Å². The summed E-state index contributed by atoms with van der Waals surface area (Å²) in [5.74, 6) is 0. The zero-order chi connectivity index (χ0) is 8.10. The first-order valence-electron chi connectivity index (χ1n) is 4.30. The van der Waals surface area contributed by atoms with Crippen LogP contribution >= 0.6 is 0 Å². The lowest BCUT2D eigenvalue weighted by atomic mass is 10.2. The predicted octanol–water partition coefficient (Wildman–Crippen LogP) is 2.34. The highest BCUT2D eigenvalue weighted by Gasteiger charge is 2.07. The van der Waals surface area contributed by atoms with Crippen LogP contribution in [-0.4, -0.2) is 0 Å². The molecular weight excluding hydrogens is 134 g/mol. The minimum atomic E-state index is 0.640. The van der Waals surface area contributed by atoms with Crippen LogP contribution in [0.2, 0.25) is 0 Å². The van der Waals surface area contributed by atoms with Gasteiger partial charge < -0.3 is 0 Å². The van der Waals surface area contributed by atoms with Crippen LogP contribution in [0.15, 0.2) is 30.6 Å². The first-order chi connectivity index (χ1) is 5.34. The Morgan fingerprint density at radius 3 is 2.36 bits per heavy atom. The van der Waals surface area contributed by atoms with Crippen molar-refractivity contribution in [3.8, 4) is 0 Å². The van der Waals surface area contributed by atoms with Crippen LogP contribution in [0.25, 0.3) is 0 Å². The van der Waals surface area contributed by atoms with Gasteiger partial charge in [0.2, 0.25) is 0 Å². The maximum Gasteiger partial charge on any atom is 0.169 e. The van der Waals surface area contributed by atoms with Crippen molar-refractivity contribution in [3.05, 3.63) is 30.6 Å². The largest absolute Gasteiger partial charge is 0.203 e. The summed E-state index contributed by atoms with van der Waals surface area (Å²) in [6.45, 7) is 4.48. The molecule has 0 amide bonds. The van der Waals surface area contributed by atoms with Crippen molar-refractivity contribution in [2.75, 3.05) is 0 Å². The van der Waals surface area contributed by atoms with Crippen molar-refractivity contribution in [2.24, 2.45) is 0 Å². The molecule has 1 aromatic rings. The molecule has 0 bridgehead atoms. The van der Waals surface area contributed by atoms with Crippen molar-refractivity contribution in [2.45, 2.75) is 32.7 Å². The van der Waals surface area contributed by atoms with Gasteiger partial charge in [-0.25, -0.2) is 4.57 Å². The summed E-state index contributed by atoms with van der Waals surface area (Å²) in [7, 11) is 0. The Morgan fingerprint density at radius 2 is 1.82 bits per heavy atom. The van der Waals surface area contributed by atoms with Crippen molar-refractivity contribution in [1.82, 2.24) is 0 Å². The molecule has 0 radical (unpaired) electrons. The Bertz CT molecular complexity index is 193. The molecule has 0 N–H and O–H groups in total. The fraction of sp³-hybridized carbons (Fsp3) is 0.500. The molecule has 1 heterocycles. The van der Waals surface area contributed by atoms with Gasteiger partial charge in [0.15, 0.2) is 18.4 Å². The number of pyridine rings is 1. The maximum atomic E-state index is 2.25. The normalized spacial score (nSPS) is 12.9. The fourth-order valence-corrected chi connectivity index (χ4v) is 1.27. The van der Waals surface area contributed by atoms with Gasteiger partial charge in [-0.15, -0.1) is 0 Å². The second-order valence-corrected chi connectivity index (χ2v) is 2.96. The molecule has 1 rings (SSSR count). The molecule has 1 heteroatoms. The number of aromatic nitrogens is 1. The molecule has 60 valence electrons. The third-order valence-electron chi connectivity index (χ3n) is 1.95. The first kappa shape index (κ1) is 8.25. The Labute approximate surface area is 68.7 Å². The summed E-state index contributed by atoms with van der Waals surface area (Å²) < 4.78 is 2.25. The van der Waals surface area contributed by atoms with Gasteiger partial charge in [-0.1, -0.05) is 13.0 Å². The van der Waals surface area contributed by atoms with Gasteiger partial charge in [-0.05, 0) is 13.3 Å². The van der Waals surface area contributed by atoms with E-state index in [0.717, 1.165) is 0 Å². The highest BCUT2D eigenvalue weighted by molar-refractivity contribution is 4.83. The van der Waals surface area contributed by atoms with E-state index >= 15 is 0 Å². The highest BCUT2D eigenvalue weighted by atomic mass is 15.0. The van der Waals surface area contributed by atoms with Gasteiger partial charge in [-0.3, -0.25) is 0 Å². The fourth-order valence-electron chi connectivity index (χ4n) is 1.27. The standard InChI is InChI=1S/C10H16N/c1-3-7-10(2)11-8-5-4-6-9-11/h4-6,8-10H,3,7H2,1-2H3/q+1. The minimum Gasteiger partial charge on any atom is -0.203 e.